The minimum Gasteiger partial charge on any atom is -0.306 e. The summed E-state index contributed by atoms with van der Waals surface area (Å²) in [5.41, 5.74) is 0.558. The second-order valence-electron chi connectivity index (χ2n) is 3.48. The molecule has 0 bridgehead atoms. The van der Waals surface area contributed by atoms with Gasteiger partial charge in [0.15, 0.2) is 0 Å². The van der Waals surface area contributed by atoms with Crippen molar-refractivity contribution >= 4 is 23.1 Å². The zero-order valence-electron chi connectivity index (χ0n) is 9.15. The number of nitrogens with one attached hydrogen (secondary N) is 1. The van der Waals surface area contributed by atoms with Gasteiger partial charge < -0.3 is 5.32 Å². The van der Waals surface area contributed by atoms with Gasteiger partial charge in [0, 0.05) is 10.6 Å². The zero-order valence-corrected chi connectivity index (χ0v) is 10.7. The topological polar surface area (TPSA) is 37.8 Å². The van der Waals surface area contributed by atoms with Crippen LogP contribution in [0.15, 0.2) is 24.4 Å². The zero-order chi connectivity index (χ0) is 12.3. The van der Waals surface area contributed by atoms with Gasteiger partial charge in [0.25, 0.3) is 0 Å². The fourth-order valence-electron chi connectivity index (χ4n) is 1.61. The molecular formula is C11H11ClFN3S. The quantitative estimate of drug-likeness (QED) is 0.929. The molecule has 0 aliphatic heterocycles. The van der Waals surface area contributed by atoms with Crippen LogP contribution in [0.25, 0.3) is 0 Å². The third kappa shape index (κ3) is 2.80. The van der Waals surface area contributed by atoms with Gasteiger partial charge in [-0.1, -0.05) is 29.1 Å². The normalized spacial score (nSPS) is 12.6. The molecule has 1 aromatic carbocycles. The highest BCUT2D eigenvalue weighted by Gasteiger charge is 2.19. The van der Waals surface area contributed by atoms with Crippen LogP contribution in [0.1, 0.15) is 23.4 Å². The number of benzene rings is 1. The van der Waals surface area contributed by atoms with Gasteiger partial charge in [0.05, 0.1) is 17.1 Å². The molecule has 90 valence electrons. The Kier molecular flexibility index (Phi) is 4.04. The van der Waals surface area contributed by atoms with Crippen molar-refractivity contribution in [1.29, 1.82) is 0 Å². The number of nitrogens with zero attached hydrogens (tertiary/aromatic N) is 2. The molecule has 2 aromatic rings. The Morgan fingerprint density at radius 2 is 2.35 bits per heavy atom. The minimum atomic E-state index is -0.322. The molecule has 0 saturated heterocycles. The number of hydrogen-bond donors (Lipinski definition) is 1. The molecule has 0 amide bonds. The van der Waals surface area contributed by atoms with Crippen LogP contribution in [0, 0.1) is 5.82 Å². The van der Waals surface area contributed by atoms with Gasteiger partial charge in [-0.3, -0.25) is 0 Å². The Balaban J connectivity index is 2.39. The van der Waals surface area contributed by atoms with Gasteiger partial charge in [-0.05, 0) is 30.2 Å². The Morgan fingerprint density at radius 3 is 2.94 bits per heavy atom. The van der Waals surface area contributed by atoms with Crippen molar-refractivity contribution < 1.29 is 4.39 Å². The van der Waals surface area contributed by atoms with Gasteiger partial charge in [0.1, 0.15) is 5.82 Å². The second kappa shape index (κ2) is 5.53. The summed E-state index contributed by atoms with van der Waals surface area (Å²) in [6, 6.07) is 4.45. The summed E-state index contributed by atoms with van der Waals surface area (Å²) in [5.74, 6) is -0.322. The molecule has 6 heteroatoms. The molecule has 1 aromatic heterocycles. The average Bonchev–Trinajstić information content (AvgIpc) is 2.80. The number of halogens is 2. The molecule has 0 aliphatic carbocycles. The van der Waals surface area contributed by atoms with E-state index < -0.39 is 0 Å². The summed E-state index contributed by atoms with van der Waals surface area (Å²) in [5, 5.41) is 7.38. The van der Waals surface area contributed by atoms with E-state index in [0.717, 1.165) is 11.4 Å². The van der Waals surface area contributed by atoms with Crippen LogP contribution in [0.2, 0.25) is 5.02 Å². The van der Waals surface area contributed by atoms with E-state index in [-0.39, 0.29) is 11.9 Å². The van der Waals surface area contributed by atoms with Crippen LogP contribution in [0.3, 0.4) is 0 Å². The van der Waals surface area contributed by atoms with E-state index >= 15 is 0 Å². The van der Waals surface area contributed by atoms with Crippen molar-refractivity contribution in [3.8, 4) is 0 Å². The first-order valence-corrected chi connectivity index (χ1v) is 6.33. The summed E-state index contributed by atoms with van der Waals surface area (Å²) in [6.45, 7) is 2.69. The van der Waals surface area contributed by atoms with Crippen molar-refractivity contribution in [3.05, 3.63) is 45.7 Å². The first-order chi connectivity index (χ1) is 8.22. The molecule has 1 atom stereocenters. The molecule has 2 rings (SSSR count). The van der Waals surface area contributed by atoms with Crippen LogP contribution < -0.4 is 5.32 Å². The Labute approximate surface area is 108 Å². The first kappa shape index (κ1) is 12.4. The lowest BCUT2D eigenvalue weighted by molar-refractivity contribution is 0.563. The lowest BCUT2D eigenvalue weighted by atomic mass is 10.1. The maximum absolute atomic E-state index is 13.9. The Bertz CT molecular complexity index is 489. The van der Waals surface area contributed by atoms with Crippen molar-refractivity contribution in [2.75, 3.05) is 6.54 Å². The molecule has 0 fully saturated rings. The van der Waals surface area contributed by atoms with Gasteiger partial charge >= 0.3 is 0 Å². The van der Waals surface area contributed by atoms with Crippen LogP contribution in [0.5, 0.6) is 0 Å². The first-order valence-electron chi connectivity index (χ1n) is 5.18. The van der Waals surface area contributed by atoms with E-state index in [1.54, 1.807) is 18.3 Å². The number of aromatic nitrogens is 2. The van der Waals surface area contributed by atoms with Crippen LogP contribution in [-0.2, 0) is 0 Å². The van der Waals surface area contributed by atoms with Crippen LogP contribution in [0.4, 0.5) is 4.39 Å². The second-order valence-corrected chi connectivity index (χ2v) is 4.73. The summed E-state index contributed by atoms with van der Waals surface area (Å²) in [4.78, 5) is 0.882. The van der Waals surface area contributed by atoms with E-state index in [2.05, 4.69) is 14.9 Å². The molecule has 0 aliphatic rings. The molecule has 1 unspecified atom stereocenters. The summed E-state index contributed by atoms with van der Waals surface area (Å²) < 4.78 is 17.7. The third-order valence-electron chi connectivity index (χ3n) is 2.34. The van der Waals surface area contributed by atoms with Crippen molar-refractivity contribution in [2.45, 2.75) is 13.0 Å². The predicted molar refractivity (Wildman–Crippen MR) is 66.8 cm³/mol. The van der Waals surface area contributed by atoms with E-state index in [9.17, 15) is 4.39 Å². The molecule has 0 saturated carbocycles. The summed E-state index contributed by atoms with van der Waals surface area (Å²) in [6.07, 6.45) is 1.64. The molecule has 17 heavy (non-hydrogen) atoms. The highest BCUT2D eigenvalue weighted by Crippen LogP contribution is 2.27. The van der Waals surface area contributed by atoms with Gasteiger partial charge in [-0.15, -0.1) is 5.10 Å². The number of hydrogen-bond acceptors (Lipinski definition) is 4. The lowest BCUT2D eigenvalue weighted by Gasteiger charge is -2.16. The van der Waals surface area contributed by atoms with E-state index in [4.69, 9.17) is 11.6 Å². The van der Waals surface area contributed by atoms with Crippen molar-refractivity contribution in [2.24, 2.45) is 0 Å². The fraction of sp³-hybridized carbons (Fsp3) is 0.273. The Hall–Kier alpha value is -1.04. The van der Waals surface area contributed by atoms with Crippen molar-refractivity contribution in [3.63, 3.8) is 0 Å². The van der Waals surface area contributed by atoms with Gasteiger partial charge in [0.2, 0.25) is 0 Å². The molecular weight excluding hydrogens is 261 g/mol. The SMILES string of the molecule is CCNC(c1cnns1)c1ccc(Cl)cc1F. The summed E-state index contributed by atoms with van der Waals surface area (Å²) >= 11 is 7.00. The molecule has 3 nitrogen and oxygen atoms in total. The monoisotopic (exact) mass is 271 g/mol. The fourth-order valence-corrected chi connectivity index (χ4v) is 2.36. The number of rotatable bonds is 4. The van der Waals surface area contributed by atoms with E-state index in [1.165, 1.54) is 17.6 Å². The maximum atomic E-state index is 13.9. The minimum absolute atomic E-state index is 0.225. The van der Waals surface area contributed by atoms with Crippen LogP contribution >= 0.6 is 23.1 Å². The van der Waals surface area contributed by atoms with E-state index in [1.807, 2.05) is 6.92 Å². The smallest absolute Gasteiger partial charge is 0.129 e. The molecule has 0 radical (unpaired) electrons. The molecule has 1 N–H and O–H groups in total. The third-order valence-corrected chi connectivity index (χ3v) is 3.31. The highest BCUT2D eigenvalue weighted by molar-refractivity contribution is 7.05. The van der Waals surface area contributed by atoms with E-state index in [0.29, 0.717) is 10.6 Å². The van der Waals surface area contributed by atoms with Crippen molar-refractivity contribution in [1.82, 2.24) is 14.9 Å². The summed E-state index contributed by atoms with van der Waals surface area (Å²) in [7, 11) is 0. The lowest BCUT2D eigenvalue weighted by Crippen LogP contribution is -2.22. The predicted octanol–water partition coefficient (Wildman–Crippen LogP) is 3.03. The van der Waals surface area contributed by atoms with Gasteiger partial charge in [-0.25, -0.2) is 4.39 Å². The standard InChI is InChI=1S/C11H11ClFN3S/c1-2-14-11(10-6-15-16-17-10)8-4-3-7(12)5-9(8)13/h3-6,11,14H,2H2,1H3. The van der Waals surface area contributed by atoms with Crippen LogP contribution in [-0.4, -0.2) is 16.1 Å². The maximum Gasteiger partial charge on any atom is 0.129 e. The van der Waals surface area contributed by atoms with Gasteiger partial charge in [-0.2, -0.15) is 0 Å². The molecule has 1 heterocycles. The molecule has 0 spiro atoms. The average molecular weight is 272 g/mol. The highest BCUT2D eigenvalue weighted by atomic mass is 35.5. The largest absolute Gasteiger partial charge is 0.306 e. The Morgan fingerprint density at radius 1 is 1.53 bits per heavy atom.